The Balaban J connectivity index is 1.80. The molecule has 1 aromatic rings. The number of hydrogen-bond donors (Lipinski definition) is 1. The van der Waals surface area contributed by atoms with Crippen LogP contribution in [0.3, 0.4) is 0 Å². The molecule has 0 amide bonds. The lowest BCUT2D eigenvalue weighted by atomic mass is 9.97. The van der Waals surface area contributed by atoms with E-state index in [1.54, 1.807) is 7.11 Å². The van der Waals surface area contributed by atoms with Gasteiger partial charge in [0, 0.05) is 0 Å². The number of rotatable bonds is 8. The van der Waals surface area contributed by atoms with Gasteiger partial charge in [-0.1, -0.05) is 43.7 Å². The maximum atomic E-state index is 10.0. The standard InChI is InChI=1S/C21H30O2/c1-4-17-13-14-21(22)20(17)12-7-5-6-9-16(2)18-10-8-11-19(15-18)23-3/h5-6,8,10-11,15-16,21-22H,4,7,9,12-14H2,1-3H3/b6-5+. The zero-order valence-corrected chi connectivity index (χ0v) is 14.7. The number of benzene rings is 1. The highest BCUT2D eigenvalue weighted by molar-refractivity contribution is 5.30. The molecule has 2 unspecified atom stereocenters. The lowest BCUT2D eigenvalue weighted by Gasteiger charge is -2.11. The van der Waals surface area contributed by atoms with Crippen LogP contribution in [-0.4, -0.2) is 18.3 Å². The predicted octanol–water partition coefficient (Wildman–Crippen LogP) is 5.39. The molecule has 2 heteroatoms. The highest BCUT2D eigenvalue weighted by atomic mass is 16.5. The van der Waals surface area contributed by atoms with Gasteiger partial charge in [-0.3, -0.25) is 0 Å². The molecule has 126 valence electrons. The second kappa shape index (κ2) is 8.93. The average molecular weight is 314 g/mol. The molecule has 0 spiro atoms. The van der Waals surface area contributed by atoms with Crippen molar-refractivity contribution in [2.75, 3.05) is 7.11 Å². The van der Waals surface area contributed by atoms with Crippen LogP contribution in [0.2, 0.25) is 0 Å². The number of ether oxygens (including phenoxy) is 1. The fourth-order valence-corrected chi connectivity index (χ4v) is 3.37. The fraction of sp³-hybridized carbons (Fsp3) is 0.524. The molecule has 1 aliphatic rings. The Kier molecular flexibility index (Phi) is 6.91. The largest absolute Gasteiger partial charge is 0.497 e. The quantitative estimate of drug-likeness (QED) is 0.652. The summed E-state index contributed by atoms with van der Waals surface area (Å²) in [6.07, 6.45) is 10.5. The smallest absolute Gasteiger partial charge is 0.119 e. The molecule has 1 aliphatic carbocycles. The molecule has 23 heavy (non-hydrogen) atoms. The van der Waals surface area contributed by atoms with Crippen LogP contribution in [-0.2, 0) is 0 Å². The molecule has 1 aromatic carbocycles. The zero-order valence-electron chi connectivity index (χ0n) is 14.7. The second-order valence-electron chi connectivity index (χ2n) is 6.46. The van der Waals surface area contributed by atoms with Crippen molar-refractivity contribution in [3.8, 4) is 5.75 Å². The van der Waals surface area contributed by atoms with Crippen molar-refractivity contribution in [2.45, 2.75) is 64.4 Å². The molecule has 2 rings (SSSR count). The van der Waals surface area contributed by atoms with E-state index in [0.29, 0.717) is 5.92 Å². The molecular weight excluding hydrogens is 284 g/mol. The molecule has 2 nitrogen and oxygen atoms in total. The molecule has 0 heterocycles. The van der Waals surface area contributed by atoms with Crippen molar-refractivity contribution in [1.82, 2.24) is 0 Å². The summed E-state index contributed by atoms with van der Waals surface area (Å²) >= 11 is 0. The summed E-state index contributed by atoms with van der Waals surface area (Å²) in [5.41, 5.74) is 4.10. The zero-order chi connectivity index (χ0) is 16.7. The molecule has 0 saturated carbocycles. The maximum absolute atomic E-state index is 10.0. The van der Waals surface area contributed by atoms with Gasteiger partial charge in [0.05, 0.1) is 13.2 Å². The summed E-state index contributed by atoms with van der Waals surface area (Å²) in [6.45, 7) is 4.44. The summed E-state index contributed by atoms with van der Waals surface area (Å²) in [6, 6.07) is 8.31. The minimum Gasteiger partial charge on any atom is -0.497 e. The van der Waals surface area contributed by atoms with Crippen LogP contribution in [0.1, 0.15) is 63.9 Å². The van der Waals surface area contributed by atoms with Gasteiger partial charge >= 0.3 is 0 Å². The van der Waals surface area contributed by atoms with Crippen LogP contribution in [0.5, 0.6) is 5.75 Å². The van der Waals surface area contributed by atoms with Gasteiger partial charge in [-0.25, -0.2) is 0 Å². The normalized spacial score (nSPS) is 19.6. The molecule has 0 aromatic heterocycles. The number of aliphatic hydroxyl groups excluding tert-OH is 1. The molecular formula is C21H30O2. The van der Waals surface area contributed by atoms with Crippen molar-refractivity contribution in [3.05, 3.63) is 53.1 Å². The Bertz CT molecular complexity index is 557. The third-order valence-corrected chi connectivity index (χ3v) is 4.90. The first-order chi connectivity index (χ1) is 11.2. The van der Waals surface area contributed by atoms with Gasteiger partial charge in [-0.15, -0.1) is 0 Å². The van der Waals surface area contributed by atoms with Gasteiger partial charge in [0.25, 0.3) is 0 Å². The second-order valence-corrected chi connectivity index (χ2v) is 6.46. The van der Waals surface area contributed by atoms with Crippen molar-refractivity contribution in [2.24, 2.45) is 0 Å². The van der Waals surface area contributed by atoms with Gasteiger partial charge in [0.15, 0.2) is 0 Å². The Hall–Kier alpha value is -1.54. The Morgan fingerprint density at radius 3 is 2.91 bits per heavy atom. The topological polar surface area (TPSA) is 29.5 Å². The van der Waals surface area contributed by atoms with E-state index in [0.717, 1.165) is 44.3 Å². The number of methoxy groups -OCH3 is 1. The van der Waals surface area contributed by atoms with E-state index < -0.39 is 0 Å². The van der Waals surface area contributed by atoms with Crippen LogP contribution in [0.25, 0.3) is 0 Å². The van der Waals surface area contributed by atoms with Gasteiger partial charge in [-0.2, -0.15) is 0 Å². The van der Waals surface area contributed by atoms with Crippen LogP contribution in [0, 0.1) is 0 Å². The summed E-state index contributed by atoms with van der Waals surface area (Å²) in [4.78, 5) is 0. The van der Waals surface area contributed by atoms with Crippen LogP contribution >= 0.6 is 0 Å². The van der Waals surface area contributed by atoms with E-state index >= 15 is 0 Å². The molecule has 0 aliphatic heterocycles. The van der Waals surface area contributed by atoms with Gasteiger partial charge < -0.3 is 9.84 Å². The summed E-state index contributed by atoms with van der Waals surface area (Å²) in [7, 11) is 1.71. The summed E-state index contributed by atoms with van der Waals surface area (Å²) in [5, 5.41) is 10.0. The average Bonchev–Trinajstić information content (AvgIpc) is 2.94. The first-order valence-electron chi connectivity index (χ1n) is 8.83. The van der Waals surface area contributed by atoms with Crippen LogP contribution < -0.4 is 4.74 Å². The first kappa shape index (κ1) is 17.8. The molecule has 1 N–H and O–H groups in total. The van der Waals surface area contributed by atoms with Crippen molar-refractivity contribution >= 4 is 0 Å². The lowest BCUT2D eigenvalue weighted by Crippen LogP contribution is -2.04. The number of aliphatic hydroxyl groups is 1. The maximum Gasteiger partial charge on any atom is 0.119 e. The third kappa shape index (κ3) is 4.97. The van der Waals surface area contributed by atoms with E-state index in [2.05, 4.69) is 44.2 Å². The Morgan fingerprint density at radius 1 is 1.35 bits per heavy atom. The monoisotopic (exact) mass is 314 g/mol. The summed E-state index contributed by atoms with van der Waals surface area (Å²) < 4.78 is 5.29. The summed E-state index contributed by atoms with van der Waals surface area (Å²) in [5.74, 6) is 1.41. The van der Waals surface area contributed by atoms with Crippen LogP contribution in [0.4, 0.5) is 0 Å². The number of hydrogen-bond acceptors (Lipinski definition) is 2. The predicted molar refractivity (Wildman–Crippen MR) is 97.0 cm³/mol. The van der Waals surface area contributed by atoms with E-state index in [1.807, 2.05) is 6.07 Å². The minimum absolute atomic E-state index is 0.186. The molecule has 0 bridgehead atoms. The van der Waals surface area contributed by atoms with Gasteiger partial charge in [0.2, 0.25) is 0 Å². The minimum atomic E-state index is -0.186. The first-order valence-corrected chi connectivity index (χ1v) is 8.83. The fourth-order valence-electron chi connectivity index (χ4n) is 3.37. The Morgan fingerprint density at radius 2 is 2.17 bits per heavy atom. The van der Waals surface area contributed by atoms with Gasteiger partial charge in [0.1, 0.15) is 5.75 Å². The van der Waals surface area contributed by atoms with E-state index in [1.165, 1.54) is 16.7 Å². The van der Waals surface area contributed by atoms with Gasteiger partial charge in [-0.05, 0) is 67.7 Å². The molecule has 0 saturated heterocycles. The third-order valence-electron chi connectivity index (χ3n) is 4.90. The van der Waals surface area contributed by atoms with Crippen molar-refractivity contribution in [1.29, 1.82) is 0 Å². The van der Waals surface area contributed by atoms with E-state index in [4.69, 9.17) is 4.74 Å². The van der Waals surface area contributed by atoms with E-state index in [-0.39, 0.29) is 6.10 Å². The van der Waals surface area contributed by atoms with E-state index in [9.17, 15) is 5.11 Å². The molecule has 2 atom stereocenters. The van der Waals surface area contributed by atoms with Crippen molar-refractivity contribution in [3.63, 3.8) is 0 Å². The van der Waals surface area contributed by atoms with Crippen molar-refractivity contribution < 1.29 is 9.84 Å². The van der Waals surface area contributed by atoms with Crippen LogP contribution in [0.15, 0.2) is 47.6 Å². The number of allylic oxidation sites excluding steroid dienone is 3. The molecule has 0 radical (unpaired) electrons. The molecule has 0 fully saturated rings. The SMILES string of the molecule is CCC1=C(CC/C=C/CC(C)c2cccc(OC)c2)C(O)CC1. The highest BCUT2D eigenvalue weighted by Crippen LogP contribution is 2.31. The highest BCUT2D eigenvalue weighted by Gasteiger charge is 2.21. The Labute approximate surface area is 140 Å². The lowest BCUT2D eigenvalue weighted by molar-refractivity contribution is 0.208.